The van der Waals surface area contributed by atoms with Crippen LogP contribution in [0.25, 0.3) is 0 Å². The number of ether oxygens (including phenoxy) is 1. The van der Waals surface area contributed by atoms with E-state index in [1.165, 1.54) is 11.6 Å². The second kappa shape index (κ2) is 10.4. The summed E-state index contributed by atoms with van der Waals surface area (Å²) >= 11 is 0. The SMILES string of the molecule is CN1CCN(c2c(F)cccc2CC2OCCN(c3ccc(C(C)(C)C)cc3)C2=O)CC1.Cl. The van der Waals surface area contributed by atoms with E-state index in [0.717, 1.165) is 37.4 Å². The van der Waals surface area contributed by atoms with Crippen LogP contribution in [0, 0.1) is 5.82 Å². The first-order valence-corrected chi connectivity index (χ1v) is 11.5. The largest absolute Gasteiger partial charge is 0.366 e. The normalized spacial score (nSPS) is 20.0. The Morgan fingerprint density at radius 1 is 1.00 bits per heavy atom. The molecule has 2 aliphatic heterocycles. The minimum atomic E-state index is -0.612. The number of carbonyl (C=O) groups excluding carboxylic acids is 1. The van der Waals surface area contributed by atoms with Gasteiger partial charge in [-0.05, 0) is 41.8 Å². The first-order valence-electron chi connectivity index (χ1n) is 11.5. The van der Waals surface area contributed by atoms with Crippen LogP contribution in [0.1, 0.15) is 31.9 Å². The zero-order chi connectivity index (χ0) is 22.9. The number of carbonyl (C=O) groups is 1. The maximum absolute atomic E-state index is 14.9. The van der Waals surface area contributed by atoms with Gasteiger partial charge in [0.05, 0.1) is 12.3 Å². The van der Waals surface area contributed by atoms with Gasteiger partial charge in [-0.25, -0.2) is 4.39 Å². The predicted octanol–water partition coefficient (Wildman–Crippen LogP) is 4.27. The van der Waals surface area contributed by atoms with Crippen LogP contribution in [-0.2, 0) is 21.4 Å². The van der Waals surface area contributed by atoms with E-state index in [1.807, 2.05) is 18.2 Å². The number of nitrogens with zero attached hydrogens (tertiary/aromatic N) is 3. The number of para-hydroxylation sites is 1. The molecule has 5 nitrogen and oxygen atoms in total. The van der Waals surface area contributed by atoms with E-state index >= 15 is 0 Å². The molecular formula is C26H35ClFN3O2. The number of hydrogen-bond acceptors (Lipinski definition) is 4. The molecule has 2 aromatic carbocycles. The summed E-state index contributed by atoms with van der Waals surface area (Å²) in [5.74, 6) is -0.293. The smallest absolute Gasteiger partial charge is 0.256 e. The number of hydrogen-bond donors (Lipinski definition) is 0. The molecule has 2 heterocycles. The highest BCUT2D eigenvalue weighted by Gasteiger charge is 2.32. The van der Waals surface area contributed by atoms with E-state index in [0.29, 0.717) is 25.3 Å². The summed E-state index contributed by atoms with van der Waals surface area (Å²) in [5, 5.41) is 0. The van der Waals surface area contributed by atoms with E-state index in [2.05, 4.69) is 49.8 Å². The van der Waals surface area contributed by atoms with Gasteiger partial charge in [-0.1, -0.05) is 45.0 Å². The van der Waals surface area contributed by atoms with E-state index in [1.54, 1.807) is 11.0 Å². The predicted molar refractivity (Wildman–Crippen MR) is 134 cm³/mol. The van der Waals surface area contributed by atoms with E-state index < -0.39 is 6.10 Å². The molecule has 0 N–H and O–H groups in total. The average Bonchev–Trinajstić information content (AvgIpc) is 2.76. The summed E-state index contributed by atoms with van der Waals surface area (Å²) in [4.78, 5) is 19.5. The summed E-state index contributed by atoms with van der Waals surface area (Å²) < 4.78 is 20.8. The number of anilines is 2. The van der Waals surface area contributed by atoms with E-state index in [-0.39, 0.29) is 29.5 Å². The fourth-order valence-electron chi connectivity index (χ4n) is 4.49. The molecule has 180 valence electrons. The highest BCUT2D eigenvalue weighted by molar-refractivity contribution is 5.97. The van der Waals surface area contributed by atoms with Crippen molar-refractivity contribution in [3.8, 4) is 0 Å². The molecule has 2 fully saturated rings. The van der Waals surface area contributed by atoms with Crippen molar-refractivity contribution in [1.82, 2.24) is 4.90 Å². The van der Waals surface area contributed by atoms with Gasteiger partial charge >= 0.3 is 0 Å². The van der Waals surface area contributed by atoms with E-state index in [9.17, 15) is 9.18 Å². The van der Waals surface area contributed by atoms with Gasteiger partial charge < -0.3 is 19.4 Å². The van der Waals surface area contributed by atoms with Crippen LogP contribution in [0.5, 0.6) is 0 Å². The molecule has 2 aromatic rings. The van der Waals surface area contributed by atoms with Gasteiger partial charge in [0.1, 0.15) is 11.9 Å². The average molecular weight is 476 g/mol. The zero-order valence-corrected chi connectivity index (χ0v) is 20.8. The maximum atomic E-state index is 14.9. The summed E-state index contributed by atoms with van der Waals surface area (Å²) in [5.41, 5.74) is 3.62. The van der Waals surface area contributed by atoms with Crippen molar-refractivity contribution in [2.45, 2.75) is 38.7 Å². The third kappa shape index (κ3) is 5.68. The molecule has 7 heteroatoms. The van der Waals surface area contributed by atoms with Crippen LogP contribution in [0.2, 0.25) is 0 Å². The minimum Gasteiger partial charge on any atom is -0.366 e. The number of piperazine rings is 1. The number of halogens is 2. The maximum Gasteiger partial charge on any atom is 0.256 e. The van der Waals surface area contributed by atoms with Crippen molar-refractivity contribution in [3.63, 3.8) is 0 Å². The van der Waals surface area contributed by atoms with Crippen LogP contribution < -0.4 is 9.80 Å². The monoisotopic (exact) mass is 475 g/mol. The van der Waals surface area contributed by atoms with Gasteiger partial charge in [0.25, 0.3) is 5.91 Å². The van der Waals surface area contributed by atoms with Gasteiger partial charge in [-0.2, -0.15) is 0 Å². The summed E-state index contributed by atoms with van der Waals surface area (Å²) in [6.07, 6.45) is -0.242. The summed E-state index contributed by atoms with van der Waals surface area (Å²) in [6, 6.07) is 13.3. The van der Waals surface area contributed by atoms with Gasteiger partial charge in [0, 0.05) is 44.8 Å². The summed E-state index contributed by atoms with van der Waals surface area (Å²) in [6.45, 7) is 10.9. The van der Waals surface area contributed by atoms with Gasteiger partial charge in [0.2, 0.25) is 0 Å². The first kappa shape index (κ1) is 25.5. The topological polar surface area (TPSA) is 36.0 Å². The molecule has 0 bridgehead atoms. The van der Waals surface area contributed by atoms with Crippen molar-refractivity contribution in [1.29, 1.82) is 0 Å². The number of rotatable bonds is 4. The van der Waals surface area contributed by atoms with Crippen LogP contribution in [0.4, 0.5) is 15.8 Å². The Morgan fingerprint density at radius 2 is 1.67 bits per heavy atom. The molecule has 0 aliphatic carbocycles. The standard InChI is InChI=1S/C26H34FN3O2.ClH/c1-26(2,3)20-8-10-21(11-9-20)30-16-17-32-23(25(30)31)18-19-6-5-7-22(27)24(19)29-14-12-28(4)13-15-29;/h5-11,23H,12-18H2,1-4H3;1H. The first-order chi connectivity index (χ1) is 15.2. The highest BCUT2D eigenvalue weighted by Crippen LogP contribution is 2.30. The lowest BCUT2D eigenvalue weighted by Crippen LogP contribution is -2.49. The second-order valence-corrected chi connectivity index (χ2v) is 9.89. The van der Waals surface area contributed by atoms with Crippen LogP contribution in [0.15, 0.2) is 42.5 Å². The lowest BCUT2D eigenvalue weighted by Gasteiger charge is -2.36. The molecule has 0 spiro atoms. The molecule has 1 unspecified atom stereocenters. The molecule has 1 atom stereocenters. The number of amides is 1. The van der Waals surface area contributed by atoms with Crippen LogP contribution in [-0.4, -0.2) is 63.3 Å². The molecule has 4 rings (SSSR count). The van der Waals surface area contributed by atoms with Crippen molar-refractivity contribution in [2.75, 3.05) is 56.2 Å². The molecule has 0 saturated carbocycles. The van der Waals surface area contributed by atoms with Crippen LogP contribution >= 0.6 is 12.4 Å². The Kier molecular flexibility index (Phi) is 8.04. The molecular weight excluding hydrogens is 441 g/mol. The fourth-order valence-corrected chi connectivity index (χ4v) is 4.49. The summed E-state index contributed by atoms with van der Waals surface area (Å²) in [7, 11) is 2.08. The lowest BCUT2D eigenvalue weighted by molar-refractivity contribution is -0.133. The Balaban J connectivity index is 0.00000306. The molecule has 0 aromatic heterocycles. The fraction of sp³-hybridized carbons (Fsp3) is 0.500. The zero-order valence-electron chi connectivity index (χ0n) is 20.0. The Hall–Kier alpha value is -2.15. The third-order valence-electron chi connectivity index (χ3n) is 6.52. The van der Waals surface area contributed by atoms with Gasteiger partial charge in [-0.3, -0.25) is 4.79 Å². The number of likely N-dealkylation sites (N-methyl/N-ethyl adjacent to an activating group) is 1. The lowest BCUT2D eigenvalue weighted by atomic mass is 9.87. The van der Waals surface area contributed by atoms with Gasteiger partial charge in [-0.15, -0.1) is 12.4 Å². The van der Waals surface area contributed by atoms with E-state index in [4.69, 9.17) is 4.74 Å². The van der Waals surface area contributed by atoms with Crippen molar-refractivity contribution in [3.05, 3.63) is 59.4 Å². The Bertz CT molecular complexity index is 953. The minimum absolute atomic E-state index is 0. The quantitative estimate of drug-likeness (QED) is 0.661. The van der Waals surface area contributed by atoms with Crippen molar-refractivity contribution in [2.24, 2.45) is 0 Å². The Labute approximate surface area is 202 Å². The highest BCUT2D eigenvalue weighted by atomic mass is 35.5. The molecule has 1 amide bonds. The Morgan fingerprint density at radius 3 is 2.30 bits per heavy atom. The molecule has 33 heavy (non-hydrogen) atoms. The number of benzene rings is 2. The third-order valence-corrected chi connectivity index (χ3v) is 6.52. The second-order valence-electron chi connectivity index (χ2n) is 9.89. The molecule has 2 aliphatic rings. The van der Waals surface area contributed by atoms with Crippen molar-refractivity contribution < 1.29 is 13.9 Å². The number of morpholine rings is 1. The molecule has 2 saturated heterocycles. The molecule has 0 radical (unpaired) electrons. The van der Waals surface area contributed by atoms with Crippen LogP contribution in [0.3, 0.4) is 0 Å². The van der Waals surface area contributed by atoms with Gasteiger partial charge in [0.15, 0.2) is 0 Å². The van der Waals surface area contributed by atoms with Crippen molar-refractivity contribution >= 4 is 29.7 Å².